The van der Waals surface area contributed by atoms with Crippen molar-refractivity contribution >= 4 is 7.05 Å². The number of alkyl halides is 1. The highest BCUT2D eigenvalue weighted by molar-refractivity contribution is 6.45. The molecule has 5 nitrogen and oxygen atoms in total. The second kappa shape index (κ2) is 4.46. The average Bonchev–Trinajstić information content (AvgIpc) is 2.48. The molecule has 1 N–H and O–H groups in total. The standard InChI is InChI=1S/C6H12BFN4O/c1-7(13)12-4-5(10-11-9)2-6(12)3-8/h5-6,13H,2-4H2,1H3/t5-,6-/m0/s1. The summed E-state index contributed by atoms with van der Waals surface area (Å²) in [6.45, 7) is 1.51. The lowest BCUT2D eigenvalue weighted by atomic mass is 9.84. The van der Waals surface area contributed by atoms with E-state index in [0.29, 0.717) is 13.0 Å². The molecule has 1 saturated heterocycles. The Kier molecular flexibility index (Phi) is 3.53. The molecule has 0 spiro atoms. The number of nitrogens with zero attached hydrogens (tertiary/aromatic N) is 4. The summed E-state index contributed by atoms with van der Waals surface area (Å²) in [5, 5.41) is 12.8. The molecule has 1 fully saturated rings. The van der Waals surface area contributed by atoms with Gasteiger partial charge in [0.2, 0.25) is 0 Å². The zero-order valence-corrected chi connectivity index (χ0v) is 7.47. The lowest BCUT2D eigenvalue weighted by Crippen LogP contribution is -2.42. The van der Waals surface area contributed by atoms with Crippen molar-refractivity contribution in [3.8, 4) is 0 Å². The van der Waals surface area contributed by atoms with Crippen molar-refractivity contribution in [3.05, 3.63) is 10.4 Å². The average molecular weight is 186 g/mol. The zero-order chi connectivity index (χ0) is 9.84. The normalized spacial score (nSPS) is 28.5. The van der Waals surface area contributed by atoms with Crippen LogP contribution >= 0.6 is 0 Å². The molecule has 1 rings (SSSR count). The van der Waals surface area contributed by atoms with Gasteiger partial charge in [0.15, 0.2) is 0 Å². The van der Waals surface area contributed by atoms with Crippen LogP contribution in [0.5, 0.6) is 0 Å². The SMILES string of the molecule is CB(O)N1C[C@@H](N=[N+]=[N-])C[C@H]1CF. The van der Waals surface area contributed by atoms with Crippen molar-refractivity contribution in [1.82, 2.24) is 4.81 Å². The third-order valence-corrected chi connectivity index (χ3v) is 2.31. The van der Waals surface area contributed by atoms with Gasteiger partial charge in [-0.2, -0.15) is 0 Å². The van der Waals surface area contributed by atoms with Gasteiger partial charge in [-0.25, -0.2) is 4.39 Å². The van der Waals surface area contributed by atoms with Gasteiger partial charge in [0, 0.05) is 11.0 Å². The minimum absolute atomic E-state index is 0.208. The summed E-state index contributed by atoms with van der Waals surface area (Å²) in [5.74, 6) is 0. The predicted molar refractivity (Wildman–Crippen MR) is 47.9 cm³/mol. The molecule has 0 aromatic rings. The summed E-state index contributed by atoms with van der Waals surface area (Å²) >= 11 is 0. The third-order valence-electron chi connectivity index (χ3n) is 2.31. The Hall–Kier alpha value is -0.775. The minimum Gasteiger partial charge on any atom is -0.437 e. The molecule has 0 aromatic heterocycles. The van der Waals surface area contributed by atoms with Crippen LogP contribution in [0, 0.1) is 0 Å². The number of azide groups is 1. The molecular weight excluding hydrogens is 174 g/mol. The summed E-state index contributed by atoms with van der Waals surface area (Å²) in [6, 6.07) is -0.518. The fourth-order valence-corrected chi connectivity index (χ4v) is 1.68. The maximum atomic E-state index is 12.4. The second-order valence-corrected chi connectivity index (χ2v) is 3.23. The number of rotatable bonds is 3. The second-order valence-electron chi connectivity index (χ2n) is 3.23. The molecule has 13 heavy (non-hydrogen) atoms. The van der Waals surface area contributed by atoms with E-state index in [0.717, 1.165) is 0 Å². The van der Waals surface area contributed by atoms with Crippen molar-refractivity contribution in [2.45, 2.75) is 25.3 Å². The van der Waals surface area contributed by atoms with Crippen molar-refractivity contribution in [1.29, 1.82) is 0 Å². The van der Waals surface area contributed by atoms with Crippen LogP contribution in [-0.4, -0.2) is 42.2 Å². The van der Waals surface area contributed by atoms with E-state index in [1.807, 2.05) is 0 Å². The van der Waals surface area contributed by atoms with Gasteiger partial charge >= 0.3 is 7.05 Å². The Labute approximate surface area is 76.3 Å². The van der Waals surface area contributed by atoms with Crippen LogP contribution in [0.15, 0.2) is 5.11 Å². The Bertz CT molecular complexity index is 221. The quantitative estimate of drug-likeness (QED) is 0.306. The van der Waals surface area contributed by atoms with E-state index in [1.54, 1.807) is 11.6 Å². The number of hydrogen-bond donors (Lipinski definition) is 1. The summed E-state index contributed by atoms with van der Waals surface area (Å²) in [4.78, 5) is 4.28. The highest BCUT2D eigenvalue weighted by atomic mass is 19.1. The maximum Gasteiger partial charge on any atom is 0.376 e. The van der Waals surface area contributed by atoms with Gasteiger partial charge in [-0.3, -0.25) is 0 Å². The summed E-state index contributed by atoms with van der Waals surface area (Å²) < 4.78 is 12.4. The third kappa shape index (κ3) is 2.34. The van der Waals surface area contributed by atoms with Crippen molar-refractivity contribution < 1.29 is 9.41 Å². The molecule has 0 amide bonds. The van der Waals surface area contributed by atoms with Gasteiger partial charge in [0.25, 0.3) is 0 Å². The smallest absolute Gasteiger partial charge is 0.376 e. The van der Waals surface area contributed by atoms with E-state index in [4.69, 9.17) is 5.53 Å². The van der Waals surface area contributed by atoms with Gasteiger partial charge in [-0.1, -0.05) is 5.11 Å². The maximum absolute atomic E-state index is 12.4. The van der Waals surface area contributed by atoms with Crippen LogP contribution < -0.4 is 0 Å². The molecule has 2 atom stereocenters. The van der Waals surface area contributed by atoms with Crippen LogP contribution in [0.1, 0.15) is 6.42 Å². The number of halogens is 1. The molecule has 0 unspecified atom stereocenters. The Morgan fingerprint density at radius 1 is 1.85 bits per heavy atom. The topological polar surface area (TPSA) is 72.2 Å². The fraction of sp³-hybridized carbons (Fsp3) is 1.00. The molecule has 72 valence electrons. The largest absolute Gasteiger partial charge is 0.437 e. The lowest BCUT2D eigenvalue weighted by Gasteiger charge is -2.22. The predicted octanol–water partition coefficient (Wildman–Crippen LogP) is 0.819. The molecule has 1 aliphatic rings. The van der Waals surface area contributed by atoms with Crippen molar-refractivity contribution in [3.63, 3.8) is 0 Å². The van der Waals surface area contributed by atoms with E-state index < -0.39 is 13.7 Å². The van der Waals surface area contributed by atoms with E-state index in [9.17, 15) is 9.41 Å². The molecule has 0 aliphatic carbocycles. The van der Waals surface area contributed by atoms with Crippen LogP contribution in [-0.2, 0) is 0 Å². The monoisotopic (exact) mass is 186 g/mol. The molecular formula is C6H12BFN4O. The van der Waals surface area contributed by atoms with Crippen LogP contribution in [0.3, 0.4) is 0 Å². The Morgan fingerprint density at radius 3 is 2.92 bits per heavy atom. The van der Waals surface area contributed by atoms with E-state index >= 15 is 0 Å². The first-order valence-corrected chi connectivity index (χ1v) is 4.23. The van der Waals surface area contributed by atoms with Crippen LogP contribution in [0.25, 0.3) is 10.4 Å². The minimum atomic E-state index is -0.681. The van der Waals surface area contributed by atoms with Crippen LogP contribution in [0.2, 0.25) is 6.82 Å². The lowest BCUT2D eigenvalue weighted by molar-refractivity contribution is 0.286. The molecule has 0 aromatic carbocycles. The number of hydrogen-bond acceptors (Lipinski definition) is 3. The summed E-state index contributed by atoms with van der Waals surface area (Å²) in [6.07, 6.45) is 0.492. The summed E-state index contributed by atoms with van der Waals surface area (Å²) in [7, 11) is -0.681. The van der Waals surface area contributed by atoms with E-state index in [1.165, 1.54) is 0 Å². The van der Waals surface area contributed by atoms with Gasteiger partial charge in [0.1, 0.15) is 6.67 Å². The van der Waals surface area contributed by atoms with Gasteiger partial charge < -0.3 is 9.83 Å². The van der Waals surface area contributed by atoms with Crippen molar-refractivity contribution in [2.75, 3.05) is 13.2 Å². The molecule has 1 aliphatic heterocycles. The first-order chi connectivity index (χ1) is 6.19. The van der Waals surface area contributed by atoms with Gasteiger partial charge in [-0.15, -0.1) is 0 Å². The molecule has 1 heterocycles. The van der Waals surface area contributed by atoms with Gasteiger partial charge in [-0.05, 0) is 25.3 Å². The Balaban J connectivity index is 2.60. The van der Waals surface area contributed by atoms with E-state index in [2.05, 4.69) is 10.0 Å². The molecule has 0 saturated carbocycles. The zero-order valence-electron chi connectivity index (χ0n) is 7.47. The molecule has 0 radical (unpaired) electrons. The fourth-order valence-electron chi connectivity index (χ4n) is 1.68. The summed E-state index contributed by atoms with van der Waals surface area (Å²) in [5.41, 5.74) is 8.19. The van der Waals surface area contributed by atoms with Crippen molar-refractivity contribution in [2.24, 2.45) is 5.11 Å². The molecule has 0 bridgehead atoms. The first kappa shape index (κ1) is 10.3. The highest BCUT2D eigenvalue weighted by Gasteiger charge is 2.35. The van der Waals surface area contributed by atoms with Gasteiger partial charge in [0.05, 0.1) is 6.04 Å². The van der Waals surface area contributed by atoms with E-state index in [-0.39, 0.29) is 12.1 Å². The first-order valence-electron chi connectivity index (χ1n) is 4.23. The highest BCUT2D eigenvalue weighted by Crippen LogP contribution is 2.21. The molecule has 7 heteroatoms. The Morgan fingerprint density at radius 2 is 2.54 bits per heavy atom. The van der Waals surface area contributed by atoms with Crippen LogP contribution in [0.4, 0.5) is 4.39 Å².